The summed E-state index contributed by atoms with van der Waals surface area (Å²) in [6.45, 7) is 2.46. The van der Waals surface area contributed by atoms with E-state index in [0.29, 0.717) is 29.4 Å². The molecule has 0 saturated carbocycles. The molecule has 2 aromatic carbocycles. The van der Waals surface area contributed by atoms with Crippen molar-refractivity contribution in [3.05, 3.63) is 53.6 Å². The molecule has 0 spiro atoms. The molecule has 0 aromatic heterocycles. The summed E-state index contributed by atoms with van der Waals surface area (Å²) in [5, 5.41) is 3.99. The van der Waals surface area contributed by atoms with Gasteiger partial charge < -0.3 is 14.2 Å². The van der Waals surface area contributed by atoms with Gasteiger partial charge in [-0.2, -0.15) is 5.10 Å². The average molecular weight is 328 g/mol. The molecule has 24 heavy (non-hydrogen) atoms. The third-order valence-corrected chi connectivity index (χ3v) is 3.20. The smallest absolute Gasteiger partial charge is 0.271 e. The zero-order valence-corrected chi connectivity index (χ0v) is 13.9. The van der Waals surface area contributed by atoms with Crippen LogP contribution in [0, 0.1) is 0 Å². The molecular weight excluding hydrogens is 308 g/mol. The Bertz CT molecular complexity index is 706. The monoisotopic (exact) mass is 328 g/mol. The molecule has 2 aromatic rings. The molecule has 6 heteroatoms. The zero-order valence-electron chi connectivity index (χ0n) is 13.9. The van der Waals surface area contributed by atoms with E-state index < -0.39 is 0 Å². The highest BCUT2D eigenvalue weighted by atomic mass is 16.5. The van der Waals surface area contributed by atoms with Crippen LogP contribution < -0.4 is 19.6 Å². The highest BCUT2D eigenvalue weighted by molar-refractivity contribution is 5.95. The Balaban J connectivity index is 2.10. The highest BCUT2D eigenvalue weighted by Crippen LogP contribution is 2.22. The Kier molecular flexibility index (Phi) is 6.19. The number of carbonyl (C=O) groups excluding carboxylic acids is 1. The molecule has 6 nitrogen and oxygen atoms in total. The lowest BCUT2D eigenvalue weighted by Crippen LogP contribution is -2.17. The summed E-state index contributed by atoms with van der Waals surface area (Å²) in [6, 6.07) is 12.4. The van der Waals surface area contributed by atoms with Crippen LogP contribution in [-0.4, -0.2) is 32.9 Å². The normalized spacial score (nSPS) is 10.5. The fourth-order valence-electron chi connectivity index (χ4n) is 2.04. The Morgan fingerprint density at radius 2 is 1.79 bits per heavy atom. The average Bonchev–Trinajstić information content (AvgIpc) is 2.62. The summed E-state index contributed by atoms with van der Waals surface area (Å²) >= 11 is 0. The van der Waals surface area contributed by atoms with Crippen molar-refractivity contribution < 1.29 is 19.0 Å². The van der Waals surface area contributed by atoms with E-state index in [1.165, 1.54) is 14.2 Å². The van der Waals surface area contributed by atoms with E-state index in [9.17, 15) is 4.79 Å². The second-order valence-electron chi connectivity index (χ2n) is 4.77. The first-order valence-corrected chi connectivity index (χ1v) is 7.46. The van der Waals surface area contributed by atoms with Crippen LogP contribution >= 0.6 is 0 Å². The third kappa shape index (κ3) is 4.49. The number of carbonyl (C=O) groups is 1. The van der Waals surface area contributed by atoms with Crippen molar-refractivity contribution in [1.29, 1.82) is 0 Å². The molecule has 0 radical (unpaired) electrons. The summed E-state index contributed by atoms with van der Waals surface area (Å²) in [6.07, 6.45) is 1.54. The Hall–Kier alpha value is -3.02. The molecule has 126 valence electrons. The van der Waals surface area contributed by atoms with Crippen LogP contribution in [0.25, 0.3) is 0 Å². The number of nitrogens with zero attached hydrogens (tertiary/aromatic N) is 1. The molecule has 1 amide bonds. The van der Waals surface area contributed by atoms with Gasteiger partial charge in [-0.15, -0.1) is 0 Å². The summed E-state index contributed by atoms with van der Waals surface area (Å²) < 4.78 is 15.8. The molecule has 2 rings (SSSR count). The minimum Gasteiger partial charge on any atom is -0.497 e. The van der Waals surface area contributed by atoms with E-state index in [1.54, 1.807) is 24.4 Å². The number of rotatable bonds is 7. The van der Waals surface area contributed by atoms with E-state index in [1.807, 2.05) is 31.2 Å². The molecule has 0 unspecified atom stereocenters. The van der Waals surface area contributed by atoms with Crippen LogP contribution in [0.3, 0.4) is 0 Å². The lowest BCUT2D eigenvalue weighted by atomic mass is 10.2. The van der Waals surface area contributed by atoms with Crippen molar-refractivity contribution in [2.45, 2.75) is 6.92 Å². The first kappa shape index (κ1) is 17.3. The van der Waals surface area contributed by atoms with Crippen LogP contribution in [0.2, 0.25) is 0 Å². The third-order valence-electron chi connectivity index (χ3n) is 3.20. The second-order valence-corrected chi connectivity index (χ2v) is 4.77. The van der Waals surface area contributed by atoms with Crippen molar-refractivity contribution in [1.82, 2.24) is 5.43 Å². The molecule has 0 aliphatic carbocycles. The van der Waals surface area contributed by atoms with Gasteiger partial charge in [0.2, 0.25) is 0 Å². The number of hydrogen-bond acceptors (Lipinski definition) is 5. The molecule has 0 fully saturated rings. The minimum atomic E-state index is -0.364. The van der Waals surface area contributed by atoms with E-state index >= 15 is 0 Å². The van der Waals surface area contributed by atoms with Gasteiger partial charge in [-0.3, -0.25) is 4.79 Å². The lowest BCUT2D eigenvalue weighted by Gasteiger charge is -2.08. The number of ether oxygens (including phenoxy) is 3. The molecule has 1 N–H and O–H groups in total. The van der Waals surface area contributed by atoms with Gasteiger partial charge in [0.25, 0.3) is 5.91 Å². The number of nitrogens with one attached hydrogen (secondary N) is 1. The molecule has 0 aliphatic rings. The Labute approximate surface area is 141 Å². The predicted molar refractivity (Wildman–Crippen MR) is 92.2 cm³/mol. The lowest BCUT2D eigenvalue weighted by molar-refractivity contribution is 0.0954. The first-order valence-electron chi connectivity index (χ1n) is 7.46. The number of para-hydroxylation sites is 1. The van der Waals surface area contributed by atoms with Crippen molar-refractivity contribution in [3.63, 3.8) is 0 Å². The highest BCUT2D eigenvalue weighted by Gasteiger charge is 2.09. The number of amides is 1. The molecule has 0 bridgehead atoms. The van der Waals surface area contributed by atoms with Gasteiger partial charge in [0.1, 0.15) is 17.2 Å². The van der Waals surface area contributed by atoms with Crippen molar-refractivity contribution in [3.8, 4) is 17.2 Å². The van der Waals surface area contributed by atoms with Gasteiger partial charge in [0.15, 0.2) is 0 Å². The molecule has 0 heterocycles. The number of hydrazone groups is 1. The van der Waals surface area contributed by atoms with E-state index in [-0.39, 0.29) is 5.91 Å². The molecule has 0 aliphatic heterocycles. The van der Waals surface area contributed by atoms with E-state index in [2.05, 4.69) is 10.5 Å². The molecule has 0 atom stereocenters. The maximum Gasteiger partial charge on any atom is 0.271 e. The van der Waals surface area contributed by atoms with Crippen LogP contribution in [0.4, 0.5) is 0 Å². The summed E-state index contributed by atoms with van der Waals surface area (Å²) in [5.41, 5.74) is 3.65. The summed E-state index contributed by atoms with van der Waals surface area (Å²) in [5.74, 6) is 1.41. The second kappa shape index (κ2) is 8.57. The Morgan fingerprint density at radius 3 is 2.42 bits per heavy atom. The number of hydrogen-bond donors (Lipinski definition) is 1. The summed E-state index contributed by atoms with van der Waals surface area (Å²) in [7, 11) is 3.05. The maximum atomic E-state index is 12.2. The van der Waals surface area contributed by atoms with Crippen molar-refractivity contribution >= 4 is 12.1 Å². The van der Waals surface area contributed by atoms with Crippen molar-refractivity contribution in [2.75, 3.05) is 20.8 Å². The van der Waals surface area contributed by atoms with Gasteiger partial charge in [-0.05, 0) is 31.2 Å². The van der Waals surface area contributed by atoms with E-state index in [0.717, 1.165) is 5.56 Å². The topological polar surface area (TPSA) is 69.2 Å². The zero-order chi connectivity index (χ0) is 17.4. The van der Waals surface area contributed by atoms with Crippen LogP contribution in [0.1, 0.15) is 22.8 Å². The van der Waals surface area contributed by atoms with Gasteiger partial charge in [0.05, 0.1) is 27.0 Å². The standard InChI is InChI=1S/C18H20N2O4/c1-4-24-17-8-6-5-7-13(17)12-19-20-18(21)14-9-15(22-2)11-16(10-14)23-3/h5-12H,4H2,1-3H3,(H,20,21)/b19-12-. The van der Waals surface area contributed by atoms with Crippen molar-refractivity contribution in [2.24, 2.45) is 5.10 Å². The minimum absolute atomic E-state index is 0.364. The maximum absolute atomic E-state index is 12.2. The van der Waals surface area contributed by atoms with Gasteiger partial charge in [-0.25, -0.2) is 5.43 Å². The summed E-state index contributed by atoms with van der Waals surface area (Å²) in [4.78, 5) is 12.2. The molecular formula is C18H20N2O4. The van der Waals surface area contributed by atoms with Crippen LogP contribution in [-0.2, 0) is 0 Å². The van der Waals surface area contributed by atoms with Gasteiger partial charge in [-0.1, -0.05) is 12.1 Å². The number of benzene rings is 2. The number of methoxy groups -OCH3 is 2. The van der Waals surface area contributed by atoms with E-state index in [4.69, 9.17) is 14.2 Å². The van der Waals surface area contributed by atoms with Crippen LogP contribution in [0.5, 0.6) is 17.2 Å². The largest absolute Gasteiger partial charge is 0.497 e. The van der Waals surface area contributed by atoms with Gasteiger partial charge in [0, 0.05) is 17.2 Å². The SMILES string of the molecule is CCOc1ccccc1/C=N\NC(=O)c1cc(OC)cc(OC)c1. The predicted octanol–water partition coefficient (Wildman–Crippen LogP) is 2.87. The fourth-order valence-corrected chi connectivity index (χ4v) is 2.04. The quantitative estimate of drug-likeness (QED) is 0.627. The van der Waals surface area contributed by atoms with Gasteiger partial charge >= 0.3 is 0 Å². The first-order chi connectivity index (χ1) is 11.7. The Morgan fingerprint density at radius 1 is 1.12 bits per heavy atom. The van der Waals surface area contributed by atoms with Crippen LogP contribution in [0.15, 0.2) is 47.6 Å². The fraction of sp³-hybridized carbons (Fsp3) is 0.222. The molecule has 0 saturated heterocycles.